The molecule has 0 radical (unpaired) electrons. The Bertz CT molecular complexity index is 494. The van der Waals surface area contributed by atoms with Gasteiger partial charge in [0.2, 0.25) is 0 Å². The third-order valence-electron chi connectivity index (χ3n) is 3.67. The Balaban J connectivity index is 1.78. The van der Waals surface area contributed by atoms with Gasteiger partial charge in [0.1, 0.15) is 0 Å². The Morgan fingerprint density at radius 2 is 2.25 bits per heavy atom. The van der Waals surface area contributed by atoms with E-state index >= 15 is 0 Å². The van der Waals surface area contributed by atoms with Crippen molar-refractivity contribution < 1.29 is 5.21 Å². The zero-order valence-corrected chi connectivity index (χ0v) is 11.8. The van der Waals surface area contributed by atoms with Crippen molar-refractivity contribution in [2.24, 2.45) is 10.9 Å². The average molecular weight is 273 g/mol. The minimum absolute atomic E-state index is 0.152. The van der Waals surface area contributed by atoms with Crippen LogP contribution in [-0.4, -0.2) is 17.6 Å². The van der Waals surface area contributed by atoms with Gasteiger partial charge in [-0.2, -0.15) is 0 Å². The van der Waals surface area contributed by atoms with Gasteiger partial charge in [-0.1, -0.05) is 35.0 Å². The molecule has 1 aliphatic carbocycles. The average Bonchev–Trinajstić information content (AvgIpc) is 2.52. The van der Waals surface area contributed by atoms with Crippen molar-refractivity contribution >= 4 is 5.84 Å². The number of rotatable bonds is 6. The van der Waals surface area contributed by atoms with E-state index in [-0.39, 0.29) is 5.84 Å². The minimum Gasteiger partial charge on any atom is -0.409 e. The number of nitrogens with two attached hydrogens (primary N) is 1. The molecule has 1 aromatic carbocycles. The molecule has 108 valence electrons. The fourth-order valence-electron chi connectivity index (χ4n) is 2.51. The normalized spacial score (nSPS) is 16.0. The highest BCUT2D eigenvalue weighted by molar-refractivity contribution is 5.97. The van der Waals surface area contributed by atoms with Crippen LogP contribution in [0.25, 0.3) is 0 Å². The SMILES string of the molecule is NC(=NO)c1cccc(CNCCC2=CCCCC2)c1. The fourth-order valence-corrected chi connectivity index (χ4v) is 2.51. The Kier molecular flexibility index (Phi) is 5.62. The summed E-state index contributed by atoms with van der Waals surface area (Å²) in [6.45, 7) is 1.81. The fraction of sp³-hybridized carbons (Fsp3) is 0.438. The molecule has 0 spiro atoms. The predicted molar refractivity (Wildman–Crippen MR) is 81.8 cm³/mol. The van der Waals surface area contributed by atoms with Crippen LogP contribution < -0.4 is 11.1 Å². The van der Waals surface area contributed by atoms with Crippen LogP contribution >= 0.6 is 0 Å². The smallest absolute Gasteiger partial charge is 0.170 e. The van der Waals surface area contributed by atoms with Gasteiger partial charge in [0, 0.05) is 12.1 Å². The highest BCUT2D eigenvalue weighted by atomic mass is 16.4. The summed E-state index contributed by atoms with van der Waals surface area (Å²) >= 11 is 0. The zero-order valence-electron chi connectivity index (χ0n) is 11.8. The second kappa shape index (κ2) is 7.70. The highest BCUT2D eigenvalue weighted by Crippen LogP contribution is 2.19. The molecule has 1 aromatic rings. The number of benzene rings is 1. The molecule has 0 saturated carbocycles. The summed E-state index contributed by atoms with van der Waals surface area (Å²) in [4.78, 5) is 0. The maximum atomic E-state index is 8.68. The first-order valence-corrected chi connectivity index (χ1v) is 7.25. The predicted octanol–water partition coefficient (Wildman–Crippen LogP) is 2.76. The number of allylic oxidation sites excluding steroid dienone is 1. The van der Waals surface area contributed by atoms with Crippen LogP contribution in [0, 0.1) is 0 Å². The van der Waals surface area contributed by atoms with Crippen LogP contribution in [-0.2, 0) is 6.54 Å². The van der Waals surface area contributed by atoms with Gasteiger partial charge in [-0.3, -0.25) is 0 Å². The van der Waals surface area contributed by atoms with Gasteiger partial charge in [0.15, 0.2) is 5.84 Å². The number of hydrogen-bond donors (Lipinski definition) is 3. The van der Waals surface area contributed by atoms with Gasteiger partial charge in [0.05, 0.1) is 0 Å². The molecule has 0 unspecified atom stereocenters. The van der Waals surface area contributed by atoms with Crippen molar-refractivity contribution in [3.63, 3.8) is 0 Å². The monoisotopic (exact) mass is 273 g/mol. The van der Waals surface area contributed by atoms with Crippen molar-refractivity contribution in [2.75, 3.05) is 6.54 Å². The van der Waals surface area contributed by atoms with Crippen molar-refractivity contribution in [1.29, 1.82) is 0 Å². The summed E-state index contributed by atoms with van der Waals surface area (Å²) in [5, 5.41) is 15.2. The lowest BCUT2D eigenvalue weighted by Crippen LogP contribution is -2.17. The van der Waals surface area contributed by atoms with Gasteiger partial charge < -0.3 is 16.3 Å². The Morgan fingerprint density at radius 3 is 3.00 bits per heavy atom. The number of hydrogen-bond acceptors (Lipinski definition) is 3. The van der Waals surface area contributed by atoms with Crippen molar-refractivity contribution in [1.82, 2.24) is 5.32 Å². The largest absolute Gasteiger partial charge is 0.409 e. The molecule has 0 bridgehead atoms. The van der Waals surface area contributed by atoms with Crippen molar-refractivity contribution in [3.8, 4) is 0 Å². The quantitative estimate of drug-likeness (QED) is 0.186. The Morgan fingerprint density at radius 1 is 1.35 bits per heavy atom. The molecule has 0 amide bonds. The molecule has 4 N–H and O–H groups in total. The maximum Gasteiger partial charge on any atom is 0.170 e. The first-order chi connectivity index (χ1) is 9.79. The lowest BCUT2D eigenvalue weighted by atomic mass is 9.97. The molecule has 1 aliphatic rings. The molecule has 4 nitrogen and oxygen atoms in total. The van der Waals surface area contributed by atoms with Gasteiger partial charge in [-0.15, -0.1) is 0 Å². The van der Waals surface area contributed by atoms with E-state index in [2.05, 4.69) is 16.5 Å². The lowest BCUT2D eigenvalue weighted by molar-refractivity contribution is 0.318. The standard InChI is InChI=1S/C16H23N3O/c17-16(19-20)15-8-4-7-14(11-15)12-18-10-9-13-5-2-1-3-6-13/h4-5,7-8,11,18,20H,1-3,6,9-10,12H2,(H2,17,19). The van der Waals surface area contributed by atoms with E-state index in [1.807, 2.05) is 24.3 Å². The number of oxime groups is 1. The van der Waals surface area contributed by atoms with Crippen LogP contribution in [0.4, 0.5) is 0 Å². The van der Waals surface area contributed by atoms with Crippen molar-refractivity contribution in [2.45, 2.75) is 38.6 Å². The van der Waals surface area contributed by atoms with Crippen LogP contribution in [0.2, 0.25) is 0 Å². The summed E-state index contributed by atoms with van der Waals surface area (Å²) in [6.07, 6.45) is 8.73. The van der Waals surface area contributed by atoms with E-state index in [4.69, 9.17) is 10.9 Å². The van der Waals surface area contributed by atoms with Crippen LogP contribution in [0.3, 0.4) is 0 Å². The van der Waals surface area contributed by atoms with Crippen LogP contribution in [0.5, 0.6) is 0 Å². The second-order valence-corrected chi connectivity index (χ2v) is 5.22. The third kappa shape index (κ3) is 4.38. The number of nitrogens with one attached hydrogen (secondary N) is 1. The van der Waals surface area contributed by atoms with E-state index in [1.165, 1.54) is 25.7 Å². The van der Waals surface area contributed by atoms with E-state index < -0.39 is 0 Å². The molecule has 20 heavy (non-hydrogen) atoms. The summed E-state index contributed by atoms with van der Waals surface area (Å²) in [7, 11) is 0. The molecule has 0 aliphatic heterocycles. The molecule has 0 atom stereocenters. The Hall–Kier alpha value is -1.81. The molecule has 0 aromatic heterocycles. The van der Waals surface area contributed by atoms with Crippen LogP contribution in [0.1, 0.15) is 43.2 Å². The lowest BCUT2D eigenvalue weighted by Gasteiger charge is -2.13. The van der Waals surface area contributed by atoms with Crippen molar-refractivity contribution in [3.05, 3.63) is 47.0 Å². The molecular formula is C16H23N3O. The third-order valence-corrected chi connectivity index (χ3v) is 3.67. The van der Waals surface area contributed by atoms with E-state index in [1.54, 1.807) is 5.57 Å². The molecule has 0 fully saturated rings. The zero-order chi connectivity index (χ0) is 14.2. The summed E-state index contributed by atoms with van der Waals surface area (Å²) in [6, 6.07) is 7.75. The summed E-state index contributed by atoms with van der Waals surface area (Å²) < 4.78 is 0. The molecule has 0 heterocycles. The molecule has 2 rings (SSSR count). The topological polar surface area (TPSA) is 70.6 Å². The van der Waals surface area contributed by atoms with Crippen LogP contribution in [0.15, 0.2) is 41.1 Å². The minimum atomic E-state index is 0.152. The molecule has 4 heteroatoms. The second-order valence-electron chi connectivity index (χ2n) is 5.22. The highest BCUT2D eigenvalue weighted by Gasteiger charge is 2.03. The number of nitrogens with zero attached hydrogens (tertiary/aromatic N) is 1. The first-order valence-electron chi connectivity index (χ1n) is 7.25. The first kappa shape index (κ1) is 14.6. The van der Waals surface area contributed by atoms with Gasteiger partial charge in [-0.25, -0.2) is 0 Å². The number of amidine groups is 1. The summed E-state index contributed by atoms with van der Waals surface area (Å²) in [5.41, 5.74) is 9.08. The van der Waals surface area contributed by atoms with E-state index in [0.717, 1.165) is 30.6 Å². The van der Waals surface area contributed by atoms with E-state index in [0.29, 0.717) is 0 Å². The maximum absolute atomic E-state index is 8.68. The van der Waals surface area contributed by atoms with Gasteiger partial charge in [-0.05, 0) is 50.3 Å². The summed E-state index contributed by atoms with van der Waals surface area (Å²) in [5.74, 6) is 0.152. The van der Waals surface area contributed by atoms with Gasteiger partial charge in [0.25, 0.3) is 0 Å². The van der Waals surface area contributed by atoms with E-state index in [9.17, 15) is 0 Å². The molecular weight excluding hydrogens is 250 g/mol. The Labute approximate surface area is 120 Å². The molecule has 0 saturated heterocycles. The van der Waals surface area contributed by atoms with Gasteiger partial charge >= 0.3 is 0 Å².